The van der Waals surface area contributed by atoms with Gasteiger partial charge in [-0.1, -0.05) is 31.5 Å². The lowest BCUT2D eigenvalue weighted by Crippen LogP contribution is -2.28. The van der Waals surface area contributed by atoms with Crippen LogP contribution < -0.4 is 5.32 Å². The lowest BCUT2D eigenvalue weighted by atomic mass is 10.0. The Morgan fingerprint density at radius 2 is 1.81 bits per heavy atom. The lowest BCUT2D eigenvalue weighted by molar-refractivity contribution is 0.452. The number of benzene rings is 1. The molecule has 0 saturated heterocycles. The summed E-state index contributed by atoms with van der Waals surface area (Å²) < 4.78 is 0. The second kappa shape index (κ2) is 6.05. The van der Waals surface area contributed by atoms with E-state index >= 15 is 0 Å². The fraction of sp³-hybridized carbons (Fsp3) is 0.600. The summed E-state index contributed by atoms with van der Waals surface area (Å²) in [5.41, 5.74) is 4.15. The van der Waals surface area contributed by atoms with Crippen LogP contribution in [0.2, 0.25) is 0 Å². The molecule has 1 aromatic rings. The van der Waals surface area contributed by atoms with Crippen LogP contribution in [0.4, 0.5) is 0 Å². The predicted octanol–water partition coefficient (Wildman–Crippen LogP) is 4.14. The number of aryl methyl sites for hydroxylation is 2. The number of hydrogen-bond acceptors (Lipinski definition) is 1. The maximum absolute atomic E-state index is 3.64. The quantitative estimate of drug-likeness (QED) is 0.784. The Labute approximate surface area is 100 Å². The average Bonchev–Trinajstić information content (AvgIpc) is 2.22. The number of hydrogen-bond donors (Lipinski definition) is 1. The van der Waals surface area contributed by atoms with Crippen LogP contribution in [-0.2, 0) is 0 Å². The summed E-state index contributed by atoms with van der Waals surface area (Å²) in [6.07, 6.45) is 2.49. The molecule has 0 fully saturated rings. The van der Waals surface area contributed by atoms with Crippen LogP contribution in [0.1, 0.15) is 56.3 Å². The van der Waals surface area contributed by atoms with E-state index in [1.54, 1.807) is 0 Å². The highest BCUT2D eigenvalue weighted by Crippen LogP contribution is 2.17. The number of nitrogens with one attached hydrogen (secondary N) is 1. The molecule has 0 aliphatic heterocycles. The first kappa shape index (κ1) is 13.2. The molecule has 0 saturated carbocycles. The van der Waals surface area contributed by atoms with Crippen molar-refractivity contribution in [2.45, 2.75) is 59.5 Å². The topological polar surface area (TPSA) is 12.0 Å². The third kappa shape index (κ3) is 3.64. The third-order valence-corrected chi connectivity index (χ3v) is 3.29. The molecular weight excluding hydrogens is 194 g/mol. The molecule has 90 valence electrons. The Balaban J connectivity index is 2.65. The van der Waals surface area contributed by atoms with Gasteiger partial charge in [-0.25, -0.2) is 0 Å². The van der Waals surface area contributed by atoms with Crippen LogP contribution in [0.15, 0.2) is 18.2 Å². The highest BCUT2D eigenvalue weighted by Gasteiger charge is 2.09. The van der Waals surface area contributed by atoms with Crippen LogP contribution >= 0.6 is 0 Å². The van der Waals surface area contributed by atoms with Crippen LogP contribution in [0.25, 0.3) is 0 Å². The van der Waals surface area contributed by atoms with Crippen LogP contribution in [0.5, 0.6) is 0 Å². The van der Waals surface area contributed by atoms with Gasteiger partial charge in [-0.15, -0.1) is 0 Å². The molecule has 2 unspecified atom stereocenters. The largest absolute Gasteiger partial charge is 0.308 e. The first-order valence-electron chi connectivity index (χ1n) is 6.37. The molecule has 0 heterocycles. The van der Waals surface area contributed by atoms with Gasteiger partial charge in [0.05, 0.1) is 0 Å². The standard InChI is InChI=1S/C15H25N/c1-6-7-13(4)16-14(5)15-9-8-11(2)12(3)10-15/h8-10,13-14,16H,6-7H2,1-5H3. The van der Waals surface area contributed by atoms with Gasteiger partial charge in [-0.05, 0) is 50.8 Å². The Bertz CT molecular complexity index is 330. The molecule has 1 nitrogen and oxygen atoms in total. The summed E-state index contributed by atoms with van der Waals surface area (Å²) in [5.74, 6) is 0. The molecular formula is C15H25N. The Hall–Kier alpha value is -0.820. The smallest absolute Gasteiger partial charge is 0.0294 e. The third-order valence-electron chi connectivity index (χ3n) is 3.29. The minimum absolute atomic E-state index is 0.445. The molecule has 2 atom stereocenters. The van der Waals surface area contributed by atoms with Crippen LogP contribution in [-0.4, -0.2) is 6.04 Å². The van der Waals surface area contributed by atoms with E-state index in [4.69, 9.17) is 0 Å². The van der Waals surface area contributed by atoms with E-state index in [0.717, 1.165) is 0 Å². The van der Waals surface area contributed by atoms with Crippen molar-refractivity contribution in [2.75, 3.05) is 0 Å². The second-order valence-corrected chi connectivity index (χ2v) is 4.92. The lowest BCUT2D eigenvalue weighted by Gasteiger charge is -2.20. The van der Waals surface area contributed by atoms with Gasteiger partial charge in [0.25, 0.3) is 0 Å². The van der Waals surface area contributed by atoms with E-state index in [0.29, 0.717) is 12.1 Å². The van der Waals surface area contributed by atoms with Gasteiger partial charge in [0, 0.05) is 12.1 Å². The van der Waals surface area contributed by atoms with E-state index in [1.807, 2.05) is 0 Å². The van der Waals surface area contributed by atoms with Crippen molar-refractivity contribution in [3.63, 3.8) is 0 Å². The van der Waals surface area contributed by atoms with E-state index in [1.165, 1.54) is 29.5 Å². The molecule has 0 amide bonds. The molecule has 1 rings (SSSR count). The summed E-state index contributed by atoms with van der Waals surface area (Å²) in [6.45, 7) is 11.1. The first-order valence-corrected chi connectivity index (χ1v) is 6.37. The van der Waals surface area contributed by atoms with Crippen LogP contribution in [0.3, 0.4) is 0 Å². The summed E-state index contributed by atoms with van der Waals surface area (Å²) in [6, 6.07) is 7.79. The number of rotatable bonds is 5. The molecule has 1 aromatic carbocycles. The normalized spacial score (nSPS) is 14.8. The molecule has 0 spiro atoms. The summed E-state index contributed by atoms with van der Waals surface area (Å²) in [5, 5.41) is 3.64. The zero-order valence-electron chi connectivity index (χ0n) is 11.3. The van der Waals surface area contributed by atoms with Crippen molar-refractivity contribution in [1.29, 1.82) is 0 Å². The van der Waals surface area contributed by atoms with Gasteiger partial charge in [-0.2, -0.15) is 0 Å². The zero-order valence-corrected chi connectivity index (χ0v) is 11.3. The molecule has 1 heteroatoms. The maximum Gasteiger partial charge on any atom is 0.0294 e. The zero-order chi connectivity index (χ0) is 12.1. The van der Waals surface area contributed by atoms with E-state index in [9.17, 15) is 0 Å². The van der Waals surface area contributed by atoms with Crippen molar-refractivity contribution in [3.8, 4) is 0 Å². The molecule has 1 N–H and O–H groups in total. The molecule has 16 heavy (non-hydrogen) atoms. The van der Waals surface area contributed by atoms with E-state index < -0.39 is 0 Å². The molecule has 0 aliphatic rings. The Morgan fingerprint density at radius 3 is 2.38 bits per heavy atom. The second-order valence-electron chi connectivity index (χ2n) is 4.92. The first-order chi connectivity index (χ1) is 7.54. The van der Waals surface area contributed by atoms with Crippen molar-refractivity contribution in [1.82, 2.24) is 5.32 Å². The highest BCUT2D eigenvalue weighted by molar-refractivity contribution is 5.31. The minimum atomic E-state index is 0.445. The predicted molar refractivity (Wildman–Crippen MR) is 71.8 cm³/mol. The molecule has 0 bridgehead atoms. The summed E-state index contributed by atoms with van der Waals surface area (Å²) >= 11 is 0. The van der Waals surface area contributed by atoms with Gasteiger partial charge in [-0.3, -0.25) is 0 Å². The average molecular weight is 219 g/mol. The summed E-state index contributed by atoms with van der Waals surface area (Å²) in [4.78, 5) is 0. The fourth-order valence-electron chi connectivity index (χ4n) is 2.07. The Kier molecular flexibility index (Phi) is 5.01. The highest BCUT2D eigenvalue weighted by atomic mass is 14.9. The SMILES string of the molecule is CCCC(C)NC(C)c1ccc(C)c(C)c1. The van der Waals surface area contributed by atoms with Crippen molar-refractivity contribution in [3.05, 3.63) is 34.9 Å². The van der Waals surface area contributed by atoms with Crippen molar-refractivity contribution in [2.24, 2.45) is 0 Å². The van der Waals surface area contributed by atoms with Crippen molar-refractivity contribution >= 4 is 0 Å². The van der Waals surface area contributed by atoms with E-state index in [-0.39, 0.29) is 0 Å². The van der Waals surface area contributed by atoms with Gasteiger partial charge >= 0.3 is 0 Å². The minimum Gasteiger partial charge on any atom is -0.308 e. The molecule has 0 aromatic heterocycles. The summed E-state index contributed by atoms with van der Waals surface area (Å²) in [7, 11) is 0. The monoisotopic (exact) mass is 219 g/mol. The Morgan fingerprint density at radius 1 is 1.12 bits per heavy atom. The molecule has 0 radical (unpaired) electrons. The van der Waals surface area contributed by atoms with Gasteiger partial charge in [0.15, 0.2) is 0 Å². The van der Waals surface area contributed by atoms with Crippen LogP contribution in [0, 0.1) is 13.8 Å². The van der Waals surface area contributed by atoms with Gasteiger partial charge in [0.1, 0.15) is 0 Å². The van der Waals surface area contributed by atoms with E-state index in [2.05, 4.69) is 58.1 Å². The maximum atomic E-state index is 3.64. The van der Waals surface area contributed by atoms with Gasteiger partial charge in [0.2, 0.25) is 0 Å². The van der Waals surface area contributed by atoms with Crippen molar-refractivity contribution < 1.29 is 0 Å². The fourth-order valence-corrected chi connectivity index (χ4v) is 2.07. The molecule has 0 aliphatic carbocycles. The van der Waals surface area contributed by atoms with Gasteiger partial charge < -0.3 is 5.32 Å².